The van der Waals surface area contributed by atoms with Gasteiger partial charge in [-0.3, -0.25) is 9.93 Å². The maximum Gasteiger partial charge on any atom is 0.220 e. The summed E-state index contributed by atoms with van der Waals surface area (Å²) >= 11 is 1.26. The van der Waals surface area contributed by atoms with E-state index in [4.69, 9.17) is 5.14 Å². The molecule has 72 valence electrons. The average molecular weight is 190 g/mol. The van der Waals surface area contributed by atoms with Gasteiger partial charge in [0.2, 0.25) is 5.91 Å². The molecule has 0 heterocycles. The smallest absolute Gasteiger partial charge is 0.220 e. The molecule has 0 unspecified atom stereocenters. The summed E-state index contributed by atoms with van der Waals surface area (Å²) < 4.78 is 0. The average Bonchev–Trinajstić information content (AvgIpc) is 2.06. The normalized spacial score (nSPS) is 9.83. The molecule has 0 bridgehead atoms. The molecular formula is C8H18N2OS. The summed E-state index contributed by atoms with van der Waals surface area (Å²) in [6, 6.07) is 0. The van der Waals surface area contributed by atoms with Crippen LogP contribution in [0.5, 0.6) is 0 Å². The minimum absolute atomic E-state index is 0.150. The summed E-state index contributed by atoms with van der Waals surface area (Å²) in [7, 11) is 0. The first-order valence-electron chi connectivity index (χ1n) is 4.39. The van der Waals surface area contributed by atoms with Gasteiger partial charge in [0.15, 0.2) is 0 Å². The van der Waals surface area contributed by atoms with Crippen LogP contribution in [0.3, 0.4) is 0 Å². The van der Waals surface area contributed by atoms with Crippen LogP contribution in [0.25, 0.3) is 0 Å². The molecule has 0 radical (unpaired) electrons. The standard InChI is InChI=1S/C8H18N2OS/c1-2-3-4-5-8(11)10-6-7-12-9/h2-7,9H2,1H3,(H,10,11). The molecular weight excluding hydrogens is 172 g/mol. The topological polar surface area (TPSA) is 55.1 Å². The Labute approximate surface area is 78.6 Å². The molecule has 0 atom stereocenters. The Morgan fingerprint density at radius 1 is 1.50 bits per heavy atom. The van der Waals surface area contributed by atoms with Gasteiger partial charge in [0.25, 0.3) is 0 Å². The van der Waals surface area contributed by atoms with Crippen LogP contribution in [0.1, 0.15) is 32.6 Å². The summed E-state index contributed by atoms with van der Waals surface area (Å²) in [5.74, 6) is 0.942. The Hall–Kier alpha value is -0.220. The third-order valence-electron chi connectivity index (χ3n) is 1.55. The highest BCUT2D eigenvalue weighted by atomic mass is 32.2. The first-order chi connectivity index (χ1) is 5.81. The van der Waals surface area contributed by atoms with Crippen LogP contribution in [0, 0.1) is 0 Å². The Morgan fingerprint density at radius 2 is 2.25 bits per heavy atom. The molecule has 0 spiro atoms. The minimum atomic E-state index is 0.150. The second-order valence-electron chi connectivity index (χ2n) is 2.68. The fraction of sp³-hybridized carbons (Fsp3) is 0.875. The van der Waals surface area contributed by atoms with Gasteiger partial charge in [-0.2, -0.15) is 0 Å². The lowest BCUT2D eigenvalue weighted by molar-refractivity contribution is -0.121. The van der Waals surface area contributed by atoms with E-state index in [-0.39, 0.29) is 5.91 Å². The van der Waals surface area contributed by atoms with Gasteiger partial charge in [0.05, 0.1) is 0 Å². The van der Waals surface area contributed by atoms with Crippen molar-refractivity contribution in [3.63, 3.8) is 0 Å². The van der Waals surface area contributed by atoms with E-state index in [0.717, 1.165) is 25.0 Å². The number of unbranched alkanes of at least 4 members (excludes halogenated alkanes) is 2. The summed E-state index contributed by atoms with van der Waals surface area (Å²) in [6.45, 7) is 2.81. The lowest BCUT2D eigenvalue weighted by Crippen LogP contribution is -2.25. The van der Waals surface area contributed by atoms with Crippen LogP contribution in [0.4, 0.5) is 0 Å². The zero-order chi connectivity index (χ0) is 9.23. The molecule has 3 nitrogen and oxygen atoms in total. The molecule has 4 heteroatoms. The van der Waals surface area contributed by atoms with Crippen LogP contribution in [-0.4, -0.2) is 18.2 Å². The van der Waals surface area contributed by atoms with Crippen molar-refractivity contribution in [1.29, 1.82) is 0 Å². The molecule has 0 fully saturated rings. The number of nitrogens with two attached hydrogens (primary N) is 1. The predicted molar refractivity (Wildman–Crippen MR) is 53.8 cm³/mol. The van der Waals surface area contributed by atoms with Gasteiger partial charge in [-0.1, -0.05) is 31.7 Å². The highest BCUT2D eigenvalue weighted by Crippen LogP contribution is 1.97. The van der Waals surface area contributed by atoms with Crippen LogP contribution in [0.2, 0.25) is 0 Å². The highest BCUT2D eigenvalue weighted by Gasteiger charge is 1.98. The monoisotopic (exact) mass is 190 g/mol. The Bertz CT molecular complexity index is 108. The van der Waals surface area contributed by atoms with Gasteiger partial charge < -0.3 is 5.32 Å². The third kappa shape index (κ3) is 7.88. The van der Waals surface area contributed by atoms with Crippen LogP contribution < -0.4 is 10.5 Å². The van der Waals surface area contributed by atoms with Gasteiger partial charge >= 0.3 is 0 Å². The second kappa shape index (κ2) is 8.87. The van der Waals surface area contributed by atoms with Gasteiger partial charge in [0, 0.05) is 18.7 Å². The van der Waals surface area contributed by atoms with Crippen molar-refractivity contribution in [3.05, 3.63) is 0 Å². The summed E-state index contributed by atoms with van der Waals surface area (Å²) in [4.78, 5) is 11.0. The van der Waals surface area contributed by atoms with Crippen molar-refractivity contribution >= 4 is 17.9 Å². The van der Waals surface area contributed by atoms with E-state index >= 15 is 0 Å². The second-order valence-corrected chi connectivity index (χ2v) is 3.42. The van der Waals surface area contributed by atoms with E-state index in [1.54, 1.807) is 0 Å². The molecule has 0 aromatic rings. The number of carbonyl (C=O) groups excluding carboxylic acids is 1. The van der Waals surface area contributed by atoms with Crippen molar-refractivity contribution in [1.82, 2.24) is 5.32 Å². The Kier molecular flexibility index (Phi) is 8.71. The first kappa shape index (κ1) is 11.8. The van der Waals surface area contributed by atoms with E-state index < -0.39 is 0 Å². The zero-order valence-electron chi connectivity index (χ0n) is 7.64. The van der Waals surface area contributed by atoms with Gasteiger partial charge in [-0.15, -0.1) is 0 Å². The molecule has 0 aromatic heterocycles. The molecule has 0 aromatic carbocycles. The highest BCUT2D eigenvalue weighted by molar-refractivity contribution is 7.97. The molecule has 0 rings (SSSR count). The Morgan fingerprint density at radius 3 is 2.83 bits per heavy atom. The van der Waals surface area contributed by atoms with Crippen molar-refractivity contribution in [2.75, 3.05) is 12.3 Å². The molecule has 0 aliphatic rings. The number of hydrogen-bond donors (Lipinski definition) is 2. The predicted octanol–water partition coefficient (Wildman–Crippen LogP) is 1.29. The number of carbonyl (C=O) groups is 1. The lowest BCUT2D eigenvalue weighted by Gasteiger charge is -2.02. The van der Waals surface area contributed by atoms with Gasteiger partial charge in [-0.05, 0) is 6.42 Å². The van der Waals surface area contributed by atoms with E-state index in [9.17, 15) is 4.79 Å². The number of rotatable bonds is 7. The molecule has 0 aliphatic carbocycles. The third-order valence-corrected chi connectivity index (χ3v) is 1.99. The Balaban J connectivity index is 3.10. The largest absolute Gasteiger partial charge is 0.355 e. The molecule has 0 aliphatic heterocycles. The maximum absolute atomic E-state index is 11.0. The first-order valence-corrected chi connectivity index (χ1v) is 5.44. The van der Waals surface area contributed by atoms with Crippen LogP contribution >= 0.6 is 11.9 Å². The van der Waals surface area contributed by atoms with E-state index in [1.165, 1.54) is 11.9 Å². The fourth-order valence-corrected chi connectivity index (χ4v) is 1.09. The van der Waals surface area contributed by atoms with Crippen molar-refractivity contribution < 1.29 is 4.79 Å². The molecule has 1 amide bonds. The summed E-state index contributed by atoms with van der Waals surface area (Å²) in [5.41, 5.74) is 0. The lowest BCUT2D eigenvalue weighted by atomic mass is 10.2. The summed E-state index contributed by atoms with van der Waals surface area (Å²) in [5, 5.41) is 8.00. The van der Waals surface area contributed by atoms with Crippen molar-refractivity contribution in [2.45, 2.75) is 32.6 Å². The minimum Gasteiger partial charge on any atom is -0.355 e. The van der Waals surface area contributed by atoms with E-state index in [1.807, 2.05) is 0 Å². The van der Waals surface area contributed by atoms with Crippen LogP contribution in [0.15, 0.2) is 0 Å². The zero-order valence-corrected chi connectivity index (χ0v) is 8.45. The van der Waals surface area contributed by atoms with Gasteiger partial charge in [0.1, 0.15) is 0 Å². The molecule has 3 N–H and O–H groups in total. The van der Waals surface area contributed by atoms with E-state index in [2.05, 4.69) is 12.2 Å². The number of amides is 1. The quantitative estimate of drug-likeness (QED) is 0.470. The molecule has 0 saturated heterocycles. The van der Waals surface area contributed by atoms with Crippen molar-refractivity contribution in [2.24, 2.45) is 5.14 Å². The SMILES string of the molecule is CCCCCC(=O)NCCSN. The summed E-state index contributed by atoms with van der Waals surface area (Å²) in [6.07, 6.45) is 3.95. The van der Waals surface area contributed by atoms with E-state index in [0.29, 0.717) is 13.0 Å². The fourth-order valence-electron chi connectivity index (χ4n) is 0.873. The van der Waals surface area contributed by atoms with Gasteiger partial charge in [-0.25, -0.2) is 0 Å². The maximum atomic E-state index is 11.0. The number of nitrogens with one attached hydrogen (secondary N) is 1. The van der Waals surface area contributed by atoms with Crippen molar-refractivity contribution in [3.8, 4) is 0 Å². The number of hydrogen-bond acceptors (Lipinski definition) is 3. The van der Waals surface area contributed by atoms with Crippen LogP contribution in [-0.2, 0) is 4.79 Å². The molecule has 12 heavy (non-hydrogen) atoms. The molecule has 0 saturated carbocycles.